The minimum Gasteiger partial charge on any atom is -0.358 e. The Morgan fingerprint density at radius 1 is 1.38 bits per heavy atom. The molecule has 1 aliphatic rings. The molecule has 1 aromatic carbocycles. The molecule has 1 fully saturated rings. The van der Waals surface area contributed by atoms with Crippen LogP contribution in [0.4, 0.5) is 0 Å². The first-order valence-corrected chi connectivity index (χ1v) is 5.97. The van der Waals surface area contributed by atoms with Gasteiger partial charge in [-0.25, -0.2) is 4.98 Å². The SMILES string of the molecule is Clc1cccc2c1ncn2C1CCCCO1. The number of hydrogen-bond acceptors (Lipinski definition) is 2. The second kappa shape index (κ2) is 4.07. The zero-order valence-electron chi connectivity index (χ0n) is 8.90. The van der Waals surface area contributed by atoms with E-state index in [-0.39, 0.29) is 6.23 Å². The Morgan fingerprint density at radius 3 is 3.12 bits per heavy atom. The third-order valence-corrected chi connectivity index (χ3v) is 3.33. The number of imidazole rings is 1. The molecule has 16 heavy (non-hydrogen) atoms. The van der Waals surface area contributed by atoms with Crippen molar-refractivity contribution in [1.82, 2.24) is 9.55 Å². The molecule has 1 aromatic heterocycles. The van der Waals surface area contributed by atoms with Crippen molar-refractivity contribution in [2.75, 3.05) is 6.61 Å². The Labute approximate surface area is 99.0 Å². The highest BCUT2D eigenvalue weighted by molar-refractivity contribution is 6.34. The fraction of sp³-hybridized carbons (Fsp3) is 0.417. The molecule has 4 heteroatoms. The molecule has 1 aliphatic heterocycles. The monoisotopic (exact) mass is 236 g/mol. The summed E-state index contributed by atoms with van der Waals surface area (Å²) < 4.78 is 7.83. The summed E-state index contributed by atoms with van der Waals surface area (Å²) in [5, 5.41) is 0.701. The van der Waals surface area contributed by atoms with Gasteiger partial charge < -0.3 is 9.30 Å². The van der Waals surface area contributed by atoms with Crippen LogP contribution in [0.25, 0.3) is 11.0 Å². The molecule has 0 radical (unpaired) electrons. The topological polar surface area (TPSA) is 27.1 Å². The van der Waals surface area contributed by atoms with Gasteiger partial charge in [-0.1, -0.05) is 17.7 Å². The normalized spacial score (nSPS) is 21.4. The first-order valence-electron chi connectivity index (χ1n) is 5.59. The Hall–Kier alpha value is -1.06. The van der Waals surface area contributed by atoms with Crippen LogP contribution < -0.4 is 0 Å². The number of nitrogens with zero attached hydrogens (tertiary/aromatic N) is 2. The van der Waals surface area contributed by atoms with Crippen molar-refractivity contribution in [3.05, 3.63) is 29.5 Å². The average molecular weight is 237 g/mol. The molecular formula is C12H13ClN2O. The van der Waals surface area contributed by atoms with Crippen LogP contribution in [-0.2, 0) is 4.74 Å². The van der Waals surface area contributed by atoms with Crippen molar-refractivity contribution < 1.29 is 4.74 Å². The van der Waals surface area contributed by atoms with Gasteiger partial charge in [0.25, 0.3) is 0 Å². The van der Waals surface area contributed by atoms with Gasteiger partial charge in [-0.05, 0) is 31.4 Å². The van der Waals surface area contributed by atoms with Crippen molar-refractivity contribution in [3.8, 4) is 0 Å². The molecule has 2 aromatic rings. The average Bonchev–Trinajstić information content (AvgIpc) is 2.75. The zero-order valence-corrected chi connectivity index (χ0v) is 9.65. The molecule has 0 spiro atoms. The highest BCUT2D eigenvalue weighted by atomic mass is 35.5. The van der Waals surface area contributed by atoms with E-state index in [0.717, 1.165) is 30.5 Å². The number of para-hydroxylation sites is 1. The van der Waals surface area contributed by atoms with E-state index in [0.29, 0.717) is 5.02 Å². The predicted octanol–water partition coefficient (Wildman–Crippen LogP) is 3.39. The molecule has 3 nitrogen and oxygen atoms in total. The van der Waals surface area contributed by atoms with Crippen LogP contribution in [0, 0.1) is 0 Å². The van der Waals surface area contributed by atoms with Crippen LogP contribution in [0.1, 0.15) is 25.5 Å². The molecule has 3 rings (SSSR count). The van der Waals surface area contributed by atoms with E-state index in [1.165, 1.54) is 6.42 Å². The Balaban J connectivity index is 2.06. The Kier molecular flexibility index (Phi) is 2.58. The molecule has 2 heterocycles. The highest BCUT2D eigenvalue weighted by Crippen LogP contribution is 2.28. The van der Waals surface area contributed by atoms with Gasteiger partial charge in [-0.2, -0.15) is 0 Å². The number of fused-ring (bicyclic) bond motifs is 1. The highest BCUT2D eigenvalue weighted by Gasteiger charge is 2.18. The van der Waals surface area contributed by atoms with Gasteiger partial charge in [0.05, 0.1) is 16.9 Å². The summed E-state index contributed by atoms with van der Waals surface area (Å²) in [6.07, 6.45) is 5.37. The molecule has 1 atom stereocenters. The molecular weight excluding hydrogens is 224 g/mol. The van der Waals surface area contributed by atoms with E-state index < -0.39 is 0 Å². The van der Waals surface area contributed by atoms with Gasteiger partial charge in [0.1, 0.15) is 11.7 Å². The van der Waals surface area contributed by atoms with Gasteiger partial charge in [-0.3, -0.25) is 0 Å². The van der Waals surface area contributed by atoms with Crippen molar-refractivity contribution in [3.63, 3.8) is 0 Å². The lowest BCUT2D eigenvalue weighted by Gasteiger charge is -2.24. The maximum Gasteiger partial charge on any atom is 0.135 e. The quantitative estimate of drug-likeness (QED) is 0.759. The van der Waals surface area contributed by atoms with Crippen LogP contribution in [0.3, 0.4) is 0 Å². The second-order valence-corrected chi connectivity index (χ2v) is 4.49. The maximum atomic E-state index is 6.09. The molecule has 0 bridgehead atoms. The molecule has 0 N–H and O–H groups in total. The maximum absolute atomic E-state index is 6.09. The van der Waals surface area contributed by atoms with Crippen LogP contribution >= 0.6 is 11.6 Å². The molecule has 0 amide bonds. The Bertz CT molecular complexity index is 503. The van der Waals surface area contributed by atoms with E-state index in [1.54, 1.807) is 0 Å². The number of aromatic nitrogens is 2. The van der Waals surface area contributed by atoms with Crippen LogP contribution in [0.5, 0.6) is 0 Å². The summed E-state index contributed by atoms with van der Waals surface area (Å²) in [4.78, 5) is 4.34. The molecule has 84 valence electrons. The van der Waals surface area contributed by atoms with Crippen molar-refractivity contribution in [2.45, 2.75) is 25.5 Å². The lowest BCUT2D eigenvalue weighted by atomic mass is 10.2. The predicted molar refractivity (Wildman–Crippen MR) is 63.6 cm³/mol. The standard InChI is InChI=1S/C12H13ClN2O/c13-9-4-3-5-10-12(9)14-8-15(10)11-6-1-2-7-16-11/h3-5,8,11H,1-2,6-7H2. The molecule has 1 saturated heterocycles. The second-order valence-electron chi connectivity index (χ2n) is 4.08. The summed E-state index contributed by atoms with van der Waals surface area (Å²) in [5.74, 6) is 0. The summed E-state index contributed by atoms with van der Waals surface area (Å²) in [7, 11) is 0. The van der Waals surface area contributed by atoms with Crippen LogP contribution in [-0.4, -0.2) is 16.2 Å². The van der Waals surface area contributed by atoms with Gasteiger partial charge in [0.15, 0.2) is 0 Å². The van der Waals surface area contributed by atoms with Gasteiger partial charge in [-0.15, -0.1) is 0 Å². The number of halogens is 1. The third-order valence-electron chi connectivity index (χ3n) is 3.02. The summed E-state index contributed by atoms with van der Waals surface area (Å²) in [6.45, 7) is 0.838. The lowest BCUT2D eigenvalue weighted by Crippen LogP contribution is -2.17. The lowest BCUT2D eigenvalue weighted by molar-refractivity contribution is -0.0295. The van der Waals surface area contributed by atoms with E-state index in [4.69, 9.17) is 16.3 Å². The van der Waals surface area contributed by atoms with E-state index >= 15 is 0 Å². The van der Waals surface area contributed by atoms with Gasteiger partial charge in [0.2, 0.25) is 0 Å². The number of rotatable bonds is 1. The third kappa shape index (κ3) is 1.60. The summed E-state index contributed by atoms with van der Waals surface area (Å²) in [6, 6.07) is 5.85. The fourth-order valence-electron chi connectivity index (χ4n) is 2.19. The van der Waals surface area contributed by atoms with Crippen LogP contribution in [0.2, 0.25) is 5.02 Å². The van der Waals surface area contributed by atoms with Crippen molar-refractivity contribution in [2.24, 2.45) is 0 Å². The Morgan fingerprint density at radius 2 is 2.31 bits per heavy atom. The molecule has 1 unspecified atom stereocenters. The fourth-order valence-corrected chi connectivity index (χ4v) is 2.41. The van der Waals surface area contributed by atoms with Crippen LogP contribution in [0.15, 0.2) is 24.5 Å². The minimum atomic E-state index is 0.122. The van der Waals surface area contributed by atoms with Crippen molar-refractivity contribution in [1.29, 1.82) is 0 Å². The van der Waals surface area contributed by atoms with E-state index in [9.17, 15) is 0 Å². The zero-order chi connectivity index (χ0) is 11.0. The number of benzene rings is 1. The number of hydrogen-bond donors (Lipinski definition) is 0. The largest absolute Gasteiger partial charge is 0.358 e. The smallest absolute Gasteiger partial charge is 0.135 e. The number of ether oxygens (including phenoxy) is 1. The summed E-state index contributed by atoms with van der Waals surface area (Å²) >= 11 is 6.09. The minimum absolute atomic E-state index is 0.122. The van der Waals surface area contributed by atoms with Crippen molar-refractivity contribution >= 4 is 22.6 Å². The van der Waals surface area contributed by atoms with Gasteiger partial charge in [0, 0.05) is 6.61 Å². The molecule has 0 saturated carbocycles. The first kappa shape index (κ1) is 10.1. The molecule has 0 aliphatic carbocycles. The van der Waals surface area contributed by atoms with Gasteiger partial charge >= 0.3 is 0 Å². The van der Waals surface area contributed by atoms with E-state index in [1.807, 2.05) is 24.5 Å². The first-order chi connectivity index (χ1) is 7.86. The van der Waals surface area contributed by atoms with E-state index in [2.05, 4.69) is 9.55 Å². The summed E-state index contributed by atoms with van der Waals surface area (Å²) in [5.41, 5.74) is 1.91.